The van der Waals surface area contributed by atoms with E-state index < -0.39 is 23.4 Å². The number of rotatable bonds is 2. The molecular weight excluding hydrogens is 492 g/mol. The molecule has 0 unspecified atom stereocenters. The normalized spacial score (nSPS) is 11.7. The molecule has 0 fully saturated rings. The number of imide groups is 1. The molecule has 0 aliphatic heterocycles. The number of halogens is 1. The van der Waals surface area contributed by atoms with Crippen LogP contribution in [-0.4, -0.2) is 33.4 Å². The summed E-state index contributed by atoms with van der Waals surface area (Å²) in [6, 6.07) is 8.61. The zero-order chi connectivity index (χ0) is 24.6. The van der Waals surface area contributed by atoms with Gasteiger partial charge < -0.3 is 13.9 Å². The number of fused-ring (bicyclic) bond motifs is 1. The molecule has 1 aromatic carbocycles. The van der Waals surface area contributed by atoms with E-state index in [4.69, 9.17) is 13.9 Å². The number of oxazole rings is 1. The summed E-state index contributed by atoms with van der Waals surface area (Å²) in [5, 5.41) is 9.38. The Balaban J connectivity index is 2.21. The second kappa shape index (κ2) is 8.83. The van der Waals surface area contributed by atoms with Crippen molar-refractivity contribution in [3.8, 4) is 17.5 Å². The van der Waals surface area contributed by atoms with Crippen LogP contribution in [0.15, 0.2) is 39.4 Å². The van der Waals surface area contributed by atoms with E-state index >= 15 is 0 Å². The molecule has 3 aromatic rings. The molecule has 9 nitrogen and oxygen atoms in total. The van der Waals surface area contributed by atoms with Crippen LogP contribution in [0.3, 0.4) is 0 Å². The van der Waals surface area contributed by atoms with Gasteiger partial charge in [-0.25, -0.2) is 19.6 Å². The molecule has 2 heterocycles. The summed E-state index contributed by atoms with van der Waals surface area (Å²) in [5.74, 6) is -0.0274. The lowest BCUT2D eigenvalue weighted by atomic mass is 10.2. The molecule has 0 atom stereocenters. The summed E-state index contributed by atoms with van der Waals surface area (Å²) in [6.07, 6.45) is -0.521. The predicted molar refractivity (Wildman–Crippen MR) is 125 cm³/mol. The van der Waals surface area contributed by atoms with Crippen molar-refractivity contribution in [2.24, 2.45) is 0 Å². The second-order valence-corrected chi connectivity index (χ2v) is 10.0. The number of carbonyl (C=O) groups excluding carboxylic acids is 2. The third-order valence-electron chi connectivity index (χ3n) is 3.97. The highest BCUT2D eigenvalue weighted by molar-refractivity contribution is 9.10. The number of ether oxygens (including phenoxy) is 2. The Kier molecular flexibility index (Phi) is 6.47. The highest BCUT2D eigenvalue weighted by atomic mass is 79.9. The minimum absolute atomic E-state index is 0.0635. The van der Waals surface area contributed by atoms with Crippen molar-refractivity contribution >= 4 is 45.0 Å². The Labute approximate surface area is 199 Å². The largest absolute Gasteiger partial charge is 0.443 e. The molecule has 0 radical (unpaired) electrons. The fourth-order valence-corrected chi connectivity index (χ4v) is 3.12. The molecule has 172 valence electrons. The van der Waals surface area contributed by atoms with Crippen LogP contribution >= 0.6 is 15.9 Å². The SMILES string of the molecule is CC(C)(C)OC(=O)N(C(=O)OC(C)(C)C)c1ncc(Br)cc1-c1nc2c(C#N)cccc2o1. The molecule has 0 saturated carbocycles. The van der Waals surface area contributed by atoms with E-state index in [2.05, 4.69) is 32.0 Å². The van der Waals surface area contributed by atoms with Crippen molar-refractivity contribution in [2.75, 3.05) is 4.90 Å². The number of benzene rings is 1. The second-order valence-electron chi connectivity index (χ2n) is 9.10. The number of carbonyl (C=O) groups is 2. The molecule has 0 aliphatic rings. The highest BCUT2D eigenvalue weighted by Crippen LogP contribution is 2.35. The lowest BCUT2D eigenvalue weighted by molar-refractivity contribution is 0.0429. The highest BCUT2D eigenvalue weighted by Gasteiger charge is 2.36. The monoisotopic (exact) mass is 514 g/mol. The molecular formula is C23H23BrN4O5. The molecule has 10 heteroatoms. The van der Waals surface area contributed by atoms with Gasteiger partial charge in [0.15, 0.2) is 11.4 Å². The number of nitriles is 1. The van der Waals surface area contributed by atoms with Gasteiger partial charge in [0.2, 0.25) is 5.89 Å². The van der Waals surface area contributed by atoms with Gasteiger partial charge in [0, 0.05) is 10.7 Å². The molecule has 0 bridgehead atoms. The Morgan fingerprint density at radius 3 is 2.24 bits per heavy atom. The first-order chi connectivity index (χ1) is 15.3. The van der Waals surface area contributed by atoms with Gasteiger partial charge >= 0.3 is 12.2 Å². The number of nitrogens with zero attached hydrogens (tertiary/aromatic N) is 4. The summed E-state index contributed by atoms with van der Waals surface area (Å²) in [7, 11) is 0. The average molecular weight is 515 g/mol. The molecule has 0 saturated heterocycles. The average Bonchev–Trinajstić information content (AvgIpc) is 3.10. The van der Waals surface area contributed by atoms with Gasteiger partial charge in [-0.15, -0.1) is 0 Å². The van der Waals surface area contributed by atoms with Crippen LogP contribution in [0, 0.1) is 11.3 Å². The molecule has 2 amide bonds. The topological polar surface area (TPSA) is 119 Å². The quantitative estimate of drug-likeness (QED) is 0.396. The van der Waals surface area contributed by atoms with Gasteiger partial charge in [-0.2, -0.15) is 10.2 Å². The van der Waals surface area contributed by atoms with Crippen LogP contribution < -0.4 is 4.90 Å². The van der Waals surface area contributed by atoms with Crippen molar-refractivity contribution in [3.05, 3.63) is 40.5 Å². The first-order valence-electron chi connectivity index (χ1n) is 10.0. The van der Waals surface area contributed by atoms with E-state index in [1.807, 2.05) is 0 Å². The van der Waals surface area contributed by atoms with Crippen molar-refractivity contribution in [1.29, 1.82) is 5.26 Å². The zero-order valence-electron chi connectivity index (χ0n) is 19.1. The van der Waals surface area contributed by atoms with Crippen molar-refractivity contribution in [2.45, 2.75) is 52.7 Å². The maximum absolute atomic E-state index is 13.1. The van der Waals surface area contributed by atoms with E-state index in [1.54, 1.807) is 65.8 Å². The first-order valence-corrected chi connectivity index (χ1v) is 10.8. The van der Waals surface area contributed by atoms with Crippen LogP contribution in [0.4, 0.5) is 15.4 Å². The number of anilines is 1. The third kappa shape index (κ3) is 5.68. The Hall–Kier alpha value is -3.45. The Morgan fingerprint density at radius 2 is 1.70 bits per heavy atom. The van der Waals surface area contributed by atoms with Gasteiger partial charge in [0.1, 0.15) is 22.8 Å². The zero-order valence-corrected chi connectivity index (χ0v) is 20.7. The van der Waals surface area contributed by atoms with E-state index in [0.29, 0.717) is 26.0 Å². The van der Waals surface area contributed by atoms with E-state index in [0.717, 1.165) is 0 Å². The Morgan fingerprint density at radius 1 is 1.09 bits per heavy atom. The summed E-state index contributed by atoms with van der Waals surface area (Å²) in [4.78, 5) is 35.6. The molecule has 33 heavy (non-hydrogen) atoms. The number of para-hydroxylation sites is 1. The van der Waals surface area contributed by atoms with Gasteiger partial charge in [0.25, 0.3) is 0 Å². The maximum Gasteiger partial charge on any atom is 0.425 e. The van der Waals surface area contributed by atoms with Crippen molar-refractivity contribution in [1.82, 2.24) is 9.97 Å². The van der Waals surface area contributed by atoms with Gasteiger partial charge in [0.05, 0.1) is 11.1 Å². The minimum atomic E-state index is -0.971. The van der Waals surface area contributed by atoms with Crippen molar-refractivity contribution < 1.29 is 23.5 Å². The van der Waals surface area contributed by atoms with E-state index in [1.165, 1.54) is 6.20 Å². The smallest absolute Gasteiger partial charge is 0.425 e. The van der Waals surface area contributed by atoms with E-state index in [9.17, 15) is 14.9 Å². The number of hydrogen-bond acceptors (Lipinski definition) is 8. The Bertz CT molecular complexity index is 1240. The van der Waals surface area contributed by atoms with Crippen molar-refractivity contribution in [3.63, 3.8) is 0 Å². The number of aromatic nitrogens is 2. The predicted octanol–water partition coefficient (Wildman–Crippen LogP) is 6.20. The first kappa shape index (κ1) is 24.2. The maximum atomic E-state index is 13.1. The van der Waals surface area contributed by atoms with Crippen LogP contribution in [-0.2, 0) is 9.47 Å². The number of hydrogen-bond donors (Lipinski definition) is 0. The van der Waals surface area contributed by atoms with E-state index in [-0.39, 0.29) is 17.3 Å². The minimum Gasteiger partial charge on any atom is -0.443 e. The number of amides is 2. The van der Waals surface area contributed by atoms with Gasteiger partial charge in [-0.05, 0) is 75.7 Å². The lowest BCUT2D eigenvalue weighted by Gasteiger charge is -2.28. The molecule has 0 N–H and O–H groups in total. The van der Waals surface area contributed by atoms with Crippen LogP contribution in [0.1, 0.15) is 47.1 Å². The van der Waals surface area contributed by atoms with Crippen LogP contribution in [0.2, 0.25) is 0 Å². The third-order valence-corrected chi connectivity index (χ3v) is 4.40. The van der Waals surface area contributed by atoms with Crippen LogP contribution in [0.5, 0.6) is 0 Å². The molecule has 3 rings (SSSR count). The summed E-state index contributed by atoms with van der Waals surface area (Å²) >= 11 is 3.35. The molecule has 2 aromatic heterocycles. The summed E-state index contributed by atoms with van der Waals surface area (Å²) < 4.78 is 17.3. The standard InChI is InChI=1S/C23H23BrN4O5/c1-22(2,3)32-20(29)28(21(30)33-23(4,5)6)18-15(10-14(24)12-26-18)19-27-17-13(11-25)8-7-9-16(17)31-19/h7-10,12H,1-6H3. The summed E-state index contributed by atoms with van der Waals surface area (Å²) in [5.41, 5.74) is -0.499. The van der Waals surface area contributed by atoms with Crippen LogP contribution in [0.25, 0.3) is 22.6 Å². The lowest BCUT2D eigenvalue weighted by Crippen LogP contribution is -2.44. The molecule has 0 aliphatic carbocycles. The molecule has 0 spiro atoms. The fraction of sp³-hybridized carbons (Fsp3) is 0.348. The summed E-state index contributed by atoms with van der Waals surface area (Å²) in [6.45, 7) is 10.1. The number of pyridine rings is 1. The fourth-order valence-electron chi connectivity index (χ4n) is 2.78. The van der Waals surface area contributed by atoms with Gasteiger partial charge in [-0.1, -0.05) is 6.07 Å². The van der Waals surface area contributed by atoms with Gasteiger partial charge in [-0.3, -0.25) is 0 Å².